The van der Waals surface area contributed by atoms with Crippen molar-refractivity contribution in [1.82, 2.24) is 10.3 Å². The second-order valence-corrected chi connectivity index (χ2v) is 9.97. The molecule has 3 aromatic carbocycles. The van der Waals surface area contributed by atoms with Gasteiger partial charge in [0.1, 0.15) is 23.0 Å². The van der Waals surface area contributed by atoms with Crippen LogP contribution in [0.2, 0.25) is 5.02 Å². The first kappa shape index (κ1) is 29.2. The number of halogens is 1. The van der Waals surface area contributed by atoms with E-state index in [-0.39, 0.29) is 23.1 Å². The zero-order valence-corrected chi connectivity index (χ0v) is 23.3. The number of pyridine rings is 1. The summed E-state index contributed by atoms with van der Waals surface area (Å²) in [6.45, 7) is 0. The van der Waals surface area contributed by atoms with E-state index < -0.39 is 11.8 Å². The molecular weight excluding hydrogens is 564 g/mol. The second kappa shape index (κ2) is 14.0. The van der Waals surface area contributed by atoms with Crippen molar-refractivity contribution >= 4 is 58.7 Å². The van der Waals surface area contributed by atoms with Crippen molar-refractivity contribution in [3.8, 4) is 11.5 Å². The summed E-state index contributed by atoms with van der Waals surface area (Å²) in [6, 6.07) is 23.1. The molecule has 0 saturated heterocycles. The number of carbonyl (C=O) groups is 3. The molecule has 4 N–H and O–H groups in total. The minimum atomic E-state index is -0.585. The van der Waals surface area contributed by atoms with Gasteiger partial charge in [-0.05, 0) is 60.7 Å². The largest absolute Gasteiger partial charge is 0.508 e. The van der Waals surface area contributed by atoms with Crippen molar-refractivity contribution in [2.24, 2.45) is 0 Å². The Morgan fingerprint density at radius 1 is 0.976 bits per heavy atom. The van der Waals surface area contributed by atoms with E-state index in [4.69, 9.17) is 16.3 Å². The monoisotopic (exact) mass is 588 g/mol. The minimum Gasteiger partial charge on any atom is -0.508 e. The van der Waals surface area contributed by atoms with E-state index >= 15 is 0 Å². The van der Waals surface area contributed by atoms with Crippen LogP contribution in [0.4, 0.5) is 11.5 Å². The third-order valence-corrected chi connectivity index (χ3v) is 6.72. The number of aromatic nitrogens is 1. The Labute approximate surface area is 245 Å². The first-order valence-corrected chi connectivity index (χ1v) is 13.6. The summed E-state index contributed by atoms with van der Waals surface area (Å²) in [5.74, 6) is -0.506. The molecular formula is C30H25ClN4O5S. The van der Waals surface area contributed by atoms with Crippen LogP contribution in [-0.4, -0.2) is 40.7 Å². The van der Waals surface area contributed by atoms with Gasteiger partial charge in [-0.2, -0.15) is 0 Å². The Hall–Kier alpha value is -4.80. The summed E-state index contributed by atoms with van der Waals surface area (Å²) in [5, 5.41) is 18.4. The highest BCUT2D eigenvalue weighted by Crippen LogP contribution is 2.26. The Balaban J connectivity index is 1.49. The van der Waals surface area contributed by atoms with Gasteiger partial charge in [0.25, 0.3) is 11.8 Å². The molecule has 0 radical (unpaired) electrons. The molecule has 208 valence electrons. The van der Waals surface area contributed by atoms with E-state index in [2.05, 4.69) is 20.9 Å². The molecule has 4 aromatic rings. The number of phenolic OH excluding ortho intramolecular Hbond substituents is 1. The lowest BCUT2D eigenvalue weighted by Crippen LogP contribution is -2.30. The molecule has 0 aliphatic carbocycles. The maximum atomic E-state index is 13.4. The number of methoxy groups -OCH3 is 1. The number of benzene rings is 3. The summed E-state index contributed by atoms with van der Waals surface area (Å²) in [5.41, 5.74) is 1.25. The van der Waals surface area contributed by atoms with Gasteiger partial charge in [-0.3, -0.25) is 14.4 Å². The standard InChI is InChI=1S/C30H25ClN4O5S/c1-40-26-16-23(36)12-10-20(26)14-25(34-29(38)19-6-3-2-4-7-19)30(39)33-22-8-5-9-24(15-22)41-18-28(37)35-27-13-11-21(31)17-32-27/h2-17,36H,18H2,1H3,(H,33,39)(H,34,38)(H,32,35,37)/b25-14+. The predicted octanol–water partition coefficient (Wildman–Crippen LogP) is 5.59. The number of rotatable bonds is 10. The highest BCUT2D eigenvalue weighted by atomic mass is 35.5. The van der Waals surface area contributed by atoms with Crippen molar-refractivity contribution in [2.75, 3.05) is 23.5 Å². The highest BCUT2D eigenvalue weighted by Gasteiger charge is 2.17. The molecule has 1 aromatic heterocycles. The van der Waals surface area contributed by atoms with Crippen LogP contribution in [0.15, 0.2) is 102 Å². The topological polar surface area (TPSA) is 130 Å². The fraction of sp³-hybridized carbons (Fsp3) is 0.0667. The van der Waals surface area contributed by atoms with Crippen molar-refractivity contribution in [1.29, 1.82) is 0 Å². The van der Waals surface area contributed by atoms with Crippen LogP contribution in [0.1, 0.15) is 15.9 Å². The Morgan fingerprint density at radius 3 is 2.51 bits per heavy atom. The lowest BCUT2D eigenvalue weighted by molar-refractivity contribution is -0.114. The lowest BCUT2D eigenvalue weighted by atomic mass is 10.1. The lowest BCUT2D eigenvalue weighted by Gasteiger charge is -2.13. The molecule has 1 heterocycles. The summed E-state index contributed by atoms with van der Waals surface area (Å²) >= 11 is 7.10. The van der Waals surface area contributed by atoms with Gasteiger partial charge in [0.05, 0.1) is 17.9 Å². The molecule has 0 bridgehead atoms. The number of nitrogens with one attached hydrogen (secondary N) is 3. The van der Waals surface area contributed by atoms with E-state index in [0.717, 1.165) is 4.90 Å². The number of aromatic hydroxyl groups is 1. The number of nitrogens with zero attached hydrogens (tertiary/aromatic N) is 1. The first-order valence-electron chi connectivity index (χ1n) is 12.2. The molecule has 3 amide bonds. The van der Waals surface area contributed by atoms with Gasteiger partial charge in [-0.25, -0.2) is 4.98 Å². The molecule has 0 spiro atoms. The van der Waals surface area contributed by atoms with Gasteiger partial charge in [-0.15, -0.1) is 11.8 Å². The third-order valence-electron chi connectivity index (χ3n) is 5.50. The van der Waals surface area contributed by atoms with Crippen LogP contribution in [0.25, 0.3) is 6.08 Å². The predicted molar refractivity (Wildman–Crippen MR) is 160 cm³/mol. The number of amides is 3. The molecule has 4 rings (SSSR count). The molecule has 0 fully saturated rings. The number of carbonyl (C=O) groups excluding carboxylic acids is 3. The van der Waals surface area contributed by atoms with E-state index in [1.165, 1.54) is 43.3 Å². The first-order chi connectivity index (χ1) is 19.8. The van der Waals surface area contributed by atoms with Crippen LogP contribution >= 0.6 is 23.4 Å². The molecule has 41 heavy (non-hydrogen) atoms. The zero-order chi connectivity index (χ0) is 29.2. The Kier molecular flexibility index (Phi) is 9.98. The van der Waals surface area contributed by atoms with E-state index in [1.807, 2.05) is 6.07 Å². The summed E-state index contributed by atoms with van der Waals surface area (Å²) in [7, 11) is 1.43. The third kappa shape index (κ3) is 8.59. The molecule has 0 aliphatic heterocycles. The number of thioether (sulfide) groups is 1. The van der Waals surface area contributed by atoms with Crippen molar-refractivity contribution in [3.05, 3.63) is 113 Å². The van der Waals surface area contributed by atoms with Gasteiger partial charge >= 0.3 is 0 Å². The summed E-state index contributed by atoms with van der Waals surface area (Å²) < 4.78 is 5.33. The molecule has 0 aliphatic rings. The van der Waals surface area contributed by atoms with Gasteiger partial charge in [0, 0.05) is 34.0 Å². The van der Waals surface area contributed by atoms with E-state index in [1.54, 1.807) is 66.7 Å². The van der Waals surface area contributed by atoms with Crippen molar-refractivity contribution < 1.29 is 24.2 Å². The van der Waals surface area contributed by atoms with Crippen LogP contribution in [0, 0.1) is 0 Å². The molecule has 0 saturated carbocycles. The summed E-state index contributed by atoms with van der Waals surface area (Å²) in [6.07, 6.45) is 2.90. The molecule has 0 atom stereocenters. The minimum absolute atomic E-state index is 0.00857. The van der Waals surface area contributed by atoms with Crippen LogP contribution in [-0.2, 0) is 9.59 Å². The van der Waals surface area contributed by atoms with Crippen LogP contribution in [0.3, 0.4) is 0 Å². The maximum absolute atomic E-state index is 13.4. The average molecular weight is 589 g/mol. The van der Waals surface area contributed by atoms with Gasteiger partial charge < -0.3 is 25.8 Å². The average Bonchev–Trinajstić information content (AvgIpc) is 2.98. The Bertz CT molecular complexity index is 1580. The van der Waals surface area contributed by atoms with Crippen molar-refractivity contribution in [3.63, 3.8) is 0 Å². The SMILES string of the molecule is COc1cc(O)ccc1/C=C(/NC(=O)c1ccccc1)C(=O)Nc1cccc(SCC(=O)Nc2ccc(Cl)cn2)c1. The maximum Gasteiger partial charge on any atom is 0.272 e. The summed E-state index contributed by atoms with van der Waals surface area (Å²) in [4.78, 5) is 43.4. The van der Waals surface area contributed by atoms with Crippen molar-refractivity contribution in [2.45, 2.75) is 4.90 Å². The van der Waals surface area contributed by atoms with Crippen LogP contribution < -0.4 is 20.7 Å². The van der Waals surface area contributed by atoms with Gasteiger partial charge in [0.2, 0.25) is 5.91 Å². The molecule has 11 heteroatoms. The highest BCUT2D eigenvalue weighted by molar-refractivity contribution is 8.00. The fourth-order valence-electron chi connectivity index (χ4n) is 3.56. The van der Waals surface area contributed by atoms with E-state index in [0.29, 0.717) is 33.4 Å². The molecule has 9 nitrogen and oxygen atoms in total. The van der Waals surface area contributed by atoms with E-state index in [9.17, 15) is 19.5 Å². The number of ether oxygens (including phenoxy) is 1. The van der Waals surface area contributed by atoms with Gasteiger partial charge in [-0.1, -0.05) is 35.9 Å². The Morgan fingerprint density at radius 2 is 1.78 bits per heavy atom. The van der Waals surface area contributed by atoms with Crippen LogP contribution in [0.5, 0.6) is 11.5 Å². The smallest absolute Gasteiger partial charge is 0.272 e. The van der Waals surface area contributed by atoms with Gasteiger partial charge in [0.15, 0.2) is 0 Å². The zero-order valence-electron chi connectivity index (χ0n) is 21.8. The normalized spacial score (nSPS) is 10.9. The second-order valence-electron chi connectivity index (χ2n) is 8.48. The number of hydrogen-bond donors (Lipinski definition) is 4. The quantitative estimate of drug-likeness (QED) is 0.140. The number of phenols is 1. The number of hydrogen-bond acceptors (Lipinski definition) is 7. The number of anilines is 2. The molecule has 0 unspecified atom stereocenters. The fourth-order valence-corrected chi connectivity index (χ4v) is 4.42.